The highest BCUT2D eigenvalue weighted by Crippen LogP contribution is 2.24. The number of halogens is 3. The van der Waals surface area contributed by atoms with Crippen molar-refractivity contribution in [1.82, 2.24) is 5.32 Å². The van der Waals surface area contributed by atoms with Gasteiger partial charge in [0.2, 0.25) is 5.91 Å². The van der Waals surface area contributed by atoms with Crippen LogP contribution in [0, 0.1) is 0 Å². The number of ether oxygens (including phenoxy) is 2. The molecule has 0 aromatic heterocycles. The Hall–Kier alpha value is -0.820. The van der Waals surface area contributed by atoms with E-state index in [9.17, 15) is 18.0 Å². The predicted octanol–water partition coefficient (Wildman–Crippen LogP) is 1.70. The number of carbonyl (C=O) groups excluding carboxylic acids is 1. The van der Waals surface area contributed by atoms with Gasteiger partial charge in [0.15, 0.2) is 6.29 Å². The molecule has 0 aliphatic heterocycles. The van der Waals surface area contributed by atoms with Gasteiger partial charge in [-0.05, 0) is 0 Å². The number of nitrogens with one attached hydrogen (secondary N) is 1. The molecule has 4 nitrogen and oxygen atoms in total. The van der Waals surface area contributed by atoms with Crippen LogP contribution in [0.25, 0.3) is 0 Å². The molecule has 0 fully saturated rings. The van der Waals surface area contributed by atoms with E-state index in [0.717, 1.165) is 6.92 Å². The standard InChI is InChI=1S/C8H14F3NO3.CH4/c1-5(13)12-6(8(9,10)11)4-7(14-2)15-3;/h6-7H,4H2,1-3H3,(H,12,13);1H4. The molecule has 16 heavy (non-hydrogen) atoms. The minimum absolute atomic E-state index is 0. The molecule has 7 heteroatoms. The average molecular weight is 245 g/mol. The zero-order valence-corrected chi connectivity index (χ0v) is 8.72. The summed E-state index contributed by atoms with van der Waals surface area (Å²) in [6.07, 6.45) is -5.99. The molecule has 98 valence electrons. The Morgan fingerprint density at radius 1 is 1.31 bits per heavy atom. The summed E-state index contributed by atoms with van der Waals surface area (Å²) in [5.41, 5.74) is 0. The van der Waals surface area contributed by atoms with Gasteiger partial charge < -0.3 is 14.8 Å². The van der Waals surface area contributed by atoms with Gasteiger partial charge in [-0.1, -0.05) is 7.43 Å². The fourth-order valence-electron chi connectivity index (χ4n) is 1.00. The van der Waals surface area contributed by atoms with Crippen LogP contribution in [0.3, 0.4) is 0 Å². The molecular weight excluding hydrogens is 227 g/mol. The number of methoxy groups -OCH3 is 2. The fourth-order valence-corrected chi connectivity index (χ4v) is 1.00. The van der Waals surface area contributed by atoms with Crippen molar-refractivity contribution in [2.75, 3.05) is 14.2 Å². The lowest BCUT2D eigenvalue weighted by Gasteiger charge is -2.24. The maximum absolute atomic E-state index is 12.4. The van der Waals surface area contributed by atoms with E-state index in [0.29, 0.717) is 0 Å². The van der Waals surface area contributed by atoms with Crippen LogP contribution in [0.1, 0.15) is 20.8 Å². The number of hydrogen-bond acceptors (Lipinski definition) is 3. The van der Waals surface area contributed by atoms with Crippen molar-refractivity contribution in [3.05, 3.63) is 0 Å². The van der Waals surface area contributed by atoms with Crippen LogP contribution in [0.5, 0.6) is 0 Å². The van der Waals surface area contributed by atoms with Crippen molar-refractivity contribution in [2.24, 2.45) is 0 Å². The normalized spacial score (nSPS) is 13.2. The number of rotatable bonds is 5. The Morgan fingerprint density at radius 3 is 2.00 bits per heavy atom. The van der Waals surface area contributed by atoms with Crippen LogP contribution in [0.2, 0.25) is 0 Å². The maximum Gasteiger partial charge on any atom is 0.408 e. The Balaban J connectivity index is 0. The maximum atomic E-state index is 12.4. The molecule has 0 aromatic rings. The Kier molecular flexibility index (Phi) is 8.18. The first-order valence-electron chi connectivity index (χ1n) is 4.20. The second kappa shape index (κ2) is 7.45. The molecule has 1 atom stereocenters. The van der Waals surface area contributed by atoms with E-state index in [-0.39, 0.29) is 7.43 Å². The summed E-state index contributed by atoms with van der Waals surface area (Å²) >= 11 is 0. The number of carbonyl (C=O) groups is 1. The smallest absolute Gasteiger partial charge is 0.356 e. The molecule has 0 aliphatic carbocycles. The molecule has 0 saturated carbocycles. The minimum Gasteiger partial charge on any atom is -0.356 e. The van der Waals surface area contributed by atoms with Gasteiger partial charge in [-0.25, -0.2) is 0 Å². The van der Waals surface area contributed by atoms with Crippen molar-refractivity contribution in [3.8, 4) is 0 Å². The summed E-state index contributed by atoms with van der Waals surface area (Å²) in [4.78, 5) is 10.6. The lowest BCUT2D eigenvalue weighted by molar-refractivity contribution is -0.185. The third-order valence-corrected chi connectivity index (χ3v) is 1.73. The molecule has 0 aromatic carbocycles. The van der Waals surface area contributed by atoms with Gasteiger partial charge in [0.1, 0.15) is 6.04 Å². The zero-order valence-electron chi connectivity index (χ0n) is 8.72. The van der Waals surface area contributed by atoms with Crippen molar-refractivity contribution < 1.29 is 27.4 Å². The average Bonchev–Trinajstić information content (AvgIpc) is 2.09. The van der Waals surface area contributed by atoms with E-state index in [2.05, 4.69) is 9.47 Å². The quantitative estimate of drug-likeness (QED) is 0.750. The van der Waals surface area contributed by atoms with Gasteiger partial charge in [0, 0.05) is 27.6 Å². The Bertz CT molecular complexity index is 205. The minimum atomic E-state index is -4.51. The van der Waals surface area contributed by atoms with E-state index in [1.165, 1.54) is 14.2 Å². The second-order valence-corrected chi connectivity index (χ2v) is 2.93. The van der Waals surface area contributed by atoms with Crippen molar-refractivity contribution in [3.63, 3.8) is 0 Å². The molecule has 1 N–H and O–H groups in total. The van der Waals surface area contributed by atoms with Crippen LogP contribution < -0.4 is 5.32 Å². The third-order valence-electron chi connectivity index (χ3n) is 1.73. The van der Waals surface area contributed by atoms with Gasteiger partial charge in [0.05, 0.1) is 0 Å². The Morgan fingerprint density at radius 2 is 1.75 bits per heavy atom. The molecule has 0 aliphatic rings. The predicted molar refractivity (Wildman–Crippen MR) is 52.8 cm³/mol. The van der Waals surface area contributed by atoms with Crippen LogP contribution in [-0.2, 0) is 14.3 Å². The molecule has 0 saturated heterocycles. The van der Waals surface area contributed by atoms with Crippen LogP contribution >= 0.6 is 0 Å². The summed E-state index contributed by atoms with van der Waals surface area (Å²) < 4.78 is 46.4. The van der Waals surface area contributed by atoms with E-state index in [1.54, 1.807) is 5.32 Å². The SMILES string of the molecule is C.COC(CC(NC(C)=O)C(F)(F)F)OC. The lowest BCUT2D eigenvalue weighted by Crippen LogP contribution is -2.46. The van der Waals surface area contributed by atoms with Crippen molar-refractivity contribution in [2.45, 2.75) is 39.3 Å². The van der Waals surface area contributed by atoms with Gasteiger partial charge >= 0.3 is 6.18 Å². The van der Waals surface area contributed by atoms with Crippen molar-refractivity contribution in [1.29, 1.82) is 0 Å². The molecule has 0 radical (unpaired) electrons. The molecule has 0 rings (SSSR count). The number of alkyl halides is 3. The lowest BCUT2D eigenvalue weighted by atomic mass is 10.2. The van der Waals surface area contributed by atoms with Crippen molar-refractivity contribution >= 4 is 5.91 Å². The first-order valence-corrected chi connectivity index (χ1v) is 4.20. The monoisotopic (exact) mass is 245 g/mol. The van der Waals surface area contributed by atoms with E-state index in [4.69, 9.17) is 0 Å². The topological polar surface area (TPSA) is 47.6 Å². The first-order chi connectivity index (χ1) is 6.81. The summed E-state index contributed by atoms with van der Waals surface area (Å²) in [5, 5.41) is 1.80. The Labute approximate surface area is 93.1 Å². The summed E-state index contributed by atoms with van der Waals surface area (Å²) in [5.74, 6) is -0.747. The van der Waals surface area contributed by atoms with Crippen LogP contribution in [0.15, 0.2) is 0 Å². The highest BCUT2D eigenvalue weighted by atomic mass is 19.4. The van der Waals surface area contributed by atoms with E-state index < -0.39 is 30.8 Å². The van der Waals surface area contributed by atoms with E-state index >= 15 is 0 Å². The summed E-state index contributed by atoms with van der Waals surface area (Å²) in [7, 11) is 2.46. The van der Waals surface area contributed by atoms with Gasteiger partial charge in [0.25, 0.3) is 0 Å². The van der Waals surface area contributed by atoms with Gasteiger partial charge in [-0.15, -0.1) is 0 Å². The van der Waals surface area contributed by atoms with E-state index in [1.807, 2.05) is 0 Å². The molecule has 0 heterocycles. The highest BCUT2D eigenvalue weighted by molar-refractivity contribution is 5.73. The first kappa shape index (κ1) is 17.6. The molecule has 1 unspecified atom stereocenters. The number of amides is 1. The molecule has 0 spiro atoms. The highest BCUT2D eigenvalue weighted by Gasteiger charge is 2.41. The van der Waals surface area contributed by atoms with Crippen LogP contribution in [-0.4, -0.2) is 38.6 Å². The molecule has 1 amide bonds. The van der Waals surface area contributed by atoms with Gasteiger partial charge in [-0.2, -0.15) is 13.2 Å². The summed E-state index contributed by atoms with van der Waals surface area (Å²) in [6.45, 7) is 1.02. The van der Waals surface area contributed by atoms with Gasteiger partial charge in [-0.3, -0.25) is 4.79 Å². The molecule has 0 bridgehead atoms. The molecular formula is C9H18F3NO3. The third kappa shape index (κ3) is 6.62. The number of hydrogen-bond donors (Lipinski definition) is 1. The zero-order chi connectivity index (χ0) is 12.1. The fraction of sp³-hybridized carbons (Fsp3) is 0.889. The second-order valence-electron chi connectivity index (χ2n) is 2.93. The summed E-state index contributed by atoms with van der Waals surface area (Å²) in [6, 6.07) is -1.96. The largest absolute Gasteiger partial charge is 0.408 e. The van der Waals surface area contributed by atoms with Crippen LogP contribution in [0.4, 0.5) is 13.2 Å².